The van der Waals surface area contributed by atoms with E-state index in [1.165, 1.54) is 12.1 Å². The van der Waals surface area contributed by atoms with Crippen molar-refractivity contribution < 1.29 is 18.3 Å². The molecule has 2 rings (SSSR count). The van der Waals surface area contributed by atoms with Crippen LogP contribution in [0.15, 0.2) is 24.3 Å². The number of alkyl halides is 2. The quantitative estimate of drug-likeness (QED) is 0.877. The predicted molar refractivity (Wildman–Crippen MR) is 79.8 cm³/mol. The first-order valence-corrected chi connectivity index (χ1v) is 7.43. The van der Waals surface area contributed by atoms with Gasteiger partial charge in [-0.15, -0.1) is 0 Å². The van der Waals surface area contributed by atoms with Crippen LogP contribution in [0.4, 0.5) is 8.78 Å². The Labute approximate surface area is 129 Å². The van der Waals surface area contributed by atoms with E-state index in [0.717, 1.165) is 18.5 Å². The second-order valence-electron chi connectivity index (χ2n) is 6.10. The Balaban J connectivity index is 1.81. The zero-order chi connectivity index (χ0) is 16.2. The van der Waals surface area contributed by atoms with Gasteiger partial charge in [0.15, 0.2) is 0 Å². The number of carbonyl (C=O) groups excluding carboxylic acids is 1. The van der Waals surface area contributed by atoms with E-state index in [1.807, 2.05) is 4.90 Å². The van der Waals surface area contributed by atoms with Crippen molar-refractivity contribution in [2.75, 3.05) is 19.6 Å². The van der Waals surface area contributed by atoms with Crippen LogP contribution in [0, 0.1) is 5.41 Å². The number of rotatable bonds is 6. The second-order valence-corrected chi connectivity index (χ2v) is 6.10. The van der Waals surface area contributed by atoms with Crippen molar-refractivity contribution in [2.24, 2.45) is 11.1 Å². The van der Waals surface area contributed by atoms with Gasteiger partial charge in [0.25, 0.3) is 0 Å². The molecule has 1 unspecified atom stereocenters. The van der Waals surface area contributed by atoms with Gasteiger partial charge in [0, 0.05) is 19.5 Å². The topological polar surface area (TPSA) is 55.6 Å². The summed E-state index contributed by atoms with van der Waals surface area (Å²) in [6.45, 7) is 1.33. The molecule has 1 aliphatic rings. The Morgan fingerprint density at radius 2 is 2.09 bits per heavy atom. The molecule has 1 aromatic carbocycles. The lowest BCUT2D eigenvalue weighted by Gasteiger charge is -2.22. The SMILES string of the molecule is CC1(CN)CCN(C(=O)CCc2ccc(OC(F)F)cc2)C1. The van der Waals surface area contributed by atoms with Crippen molar-refractivity contribution in [3.8, 4) is 5.75 Å². The van der Waals surface area contributed by atoms with E-state index in [-0.39, 0.29) is 17.1 Å². The third-order valence-electron chi connectivity index (χ3n) is 4.18. The number of aryl methyl sites for hydroxylation is 1. The Bertz CT molecular complexity index is 507. The molecule has 122 valence electrons. The molecule has 0 aromatic heterocycles. The first kappa shape index (κ1) is 16.7. The highest BCUT2D eigenvalue weighted by molar-refractivity contribution is 5.76. The minimum absolute atomic E-state index is 0.0317. The molecule has 0 aliphatic carbocycles. The van der Waals surface area contributed by atoms with Crippen molar-refractivity contribution in [3.63, 3.8) is 0 Å². The van der Waals surface area contributed by atoms with Crippen LogP contribution in [0.2, 0.25) is 0 Å². The first-order chi connectivity index (χ1) is 10.4. The van der Waals surface area contributed by atoms with Crippen LogP contribution in [0.5, 0.6) is 5.75 Å². The molecule has 1 atom stereocenters. The molecular weight excluding hydrogens is 290 g/mol. The summed E-state index contributed by atoms with van der Waals surface area (Å²) in [6.07, 6.45) is 1.94. The van der Waals surface area contributed by atoms with Crippen LogP contribution in [0.25, 0.3) is 0 Å². The van der Waals surface area contributed by atoms with Crippen LogP contribution >= 0.6 is 0 Å². The number of hydrogen-bond donors (Lipinski definition) is 1. The zero-order valence-electron chi connectivity index (χ0n) is 12.7. The van der Waals surface area contributed by atoms with E-state index in [9.17, 15) is 13.6 Å². The predicted octanol–water partition coefficient (Wildman–Crippen LogP) is 2.42. The van der Waals surface area contributed by atoms with Gasteiger partial charge >= 0.3 is 6.61 Å². The third kappa shape index (κ3) is 4.40. The number of nitrogens with two attached hydrogens (primary N) is 1. The number of amides is 1. The maximum atomic E-state index is 12.2. The fourth-order valence-electron chi connectivity index (χ4n) is 2.65. The average molecular weight is 312 g/mol. The smallest absolute Gasteiger partial charge is 0.387 e. The van der Waals surface area contributed by atoms with Gasteiger partial charge in [0.05, 0.1) is 0 Å². The normalized spacial score (nSPS) is 21.4. The second kappa shape index (κ2) is 7.05. The summed E-state index contributed by atoms with van der Waals surface area (Å²) in [6, 6.07) is 6.40. The van der Waals surface area contributed by atoms with Crippen LogP contribution in [0.3, 0.4) is 0 Å². The molecule has 0 spiro atoms. The molecule has 4 nitrogen and oxygen atoms in total. The Hall–Kier alpha value is -1.69. The third-order valence-corrected chi connectivity index (χ3v) is 4.18. The van der Waals surface area contributed by atoms with Crippen molar-refractivity contribution in [2.45, 2.75) is 32.8 Å². The first-order valence-electron chi connectivity index (χ1n) is 7.43. The molecule has 6 heteroatoms. The summed E-state index contributed by atoms with van der Waals surface area (Å²) in [5.74, 6) is 0.244. The van der Waals surface area contributed by atoms with Crippen molar-refractivity contribution in [3.05, 3.63) is 29.8 Å². The highest BCUT2D eigenvalue weighted by Gasteiger charge is 2.34. The van der Waals surface area contributed by atoms with Gasteiger partial charge in [-0.2, -0.15) is 8.78 Å². The van der Waals surface area contributed by atoms with Crippen LogP contribution in [0.1, 0.15) is 25.3 Å². The largest absolute Gasteiger partial charge is 0.435 e. The van der Waals surface area contributed by atoms with Gasteiger partial charge in [-0.3, -0.25) is 4.79 Å². The number of likely N-dealkylation sites (tertiary alicyclic amines) is 1. The maximum absolute atomic E-state index is 12.2. The monoisotopic (exact) mass is 312 g/mol. The standard InChI is InChI=1S/C16H22F2N2O2/c1-16(10-19)8-9-20(11-16)14(21)7-4-12-2-5-13(6-3-12)22-15(17)18/h2-3,5-6,15H,4,7-11,19H2,1H3. The van der Waals surface area contributed by atoms with Gasteiger partial charge in [-0.05, 0) is 42.5 Å². The van der Waals surface area contributed by atoms with Gasteiger partial charge in [0.1, 0.15) is 5.75 Å². The van der Waals surface area contributed by atoms with E-state index in [2.05, 4.69) is 11.7 Å². The van der Waals surface area contributed by atoms with Crippen LogP contribution < -0.4 is 10.5 Å². The van der Waals surface area contributed by atoms with Crippen LogP contribution in [-0.4, -0.2) is 37.1 Å². The van der Waals surface area contributed by atoms with Gasteiger partial charge < -0.3 is 15.4 Å². The molecule has 1 fully saturated rings. The molecule has 1 aliphatic heterocycles. The van der Waals surface area contributed by atoms with Gasteiger partial charge in [-0.25, -0.2) is 0 Å². The summed E-state index contributed by atoms with van der Waals surface area (Å²) >= 11 is 0. The molecule has 22 heavy (non-hydrogen) atoms. The highest BCUT2D eigenvalue weighted by atomic mass is 19.3. The van der Waals surface area contributed by atoms with Gasteiger partial charge in [-0.1, -0.05) is 19.1 Å². The minimum Gasteiger partial charge on any atom is -0.435 e. The summed E-state index contributed by atoms with van der Waals surface area (Å²) in [7, 11) is 0. The molecule has 0 saturated carbocycles. The lowest BCUT2D eigenvalue weighted by molar-refractivity contribution is -0.130. The Morgan fingerprint density at radius 1 is 1.41 bits per heavy atom. The molecular formula is C16H22F2N2O2. The lowest BCUT2D eigenvalue weighted by atomic mass is 9.90. The van der Waals surface area contributed by atoms with E-state index in [4.69, 9.17) is 5.73 Å². The molecule has 1 amide bonds. The number of benzene rings is 1. The van der Waals surface area contributed by atoms with Crippen molar-refractivity contribution in [1.82, 2.24) is 4.90 Å². The highest BCUT2D eigenvalue weighted by Crippen LogP contribution is 2.29. The van der Waals surface area contributed by atoms with Gasteiger partial charge in [0.2, 0.25) is 5.91 Å². The Morgan fingerprint density at radius 3 is 2.64 bits per heavy atom. The number of halogens is 2. The van der Waals surface area contributed by atoms with E-state index in [1.54, 1.807) is 12.1 Å². The van der Waals surface area contributed by atoms with E-state index >= 15 is 0 Å². The Kier molecular flexibility index (Phi) is 5.34. The zero-order valence-corrected chi connectivity index (χ0v) is 12.7. The summed E-state index contributed by atoms with van der Waals surface area (Å²) in [5.41, 5.74) is 6.70. The number of hydrogen-bond acceptors (Lipinski definition) is 3. The number of carbonyl (C=O) groups is 1. The molecule has 0 radical (unpaired) electrons. The average Bonchev–Trinajstić information content (AvgIpc) is 2.89. The van der Waals surface area contributed by atoms with E-state index in [0.29, 0.717) is 25.9 Å². The molecule has 1 aromatic rings. The number of ether oxygens (including phenoxy) is 1. The maximum Gasteiger partial charge on any atom is 0.387 e. The summed E-state index contributed by atoms with van der Waals surface area (Å²) < 4.78 is 28.4. The van der Waals surface area contributed by atoms with Crippen LogP contribution in [-0.2, 0) is 11.2 Å². The van der Waals surface area contributed by atoms with E-state index < -0.39 is 6.61 Å². The fraction of sp³-hybridized carbons (Fsp3) is 0.562. The molecule has 1 heterocycles. The van der Waals surface area contributed by atoms with Crippen molar-refractivity contribution >= 4 is 5.91 Å². The van der Waals surface area contributed by atoms with Crippen molar-refractivity contribution in [1.29, 1.82) is 0 Å². The summed E-state index contributed by atoms with van der Waals surface area (Å²) in [4.78, 5) is 14.1. The fourth-order valence-corrected chi connectivity index (χ4v) is 2.65. The molecule has 2 N–H and O–H groups in total. The summed E-state index contributed by atoms with van der Waals surface area (Å²) in [5, 5.41) is 0. The molecule has 1 saturated heterocycles. The lowest BCUT2D eigenvalue weighted by Crippen LogP contribution is -2.34. The number of nitrogens with zero attached hydrogens (tertiary/aromatic N) is 1. The molecule has 0 bridgehead atoms. The minimum atomic E-state index is -2.82.